The zero-order valence-corrected chi connectivity index (χ0v) is 13.0. The highest BCUT2D eigenvalue weighted by Gasteiger charge is 2.16. The molecular weight excluding hydrogens is 300 g/mol. The standard InChI is InChI=1S/C16H14N2O3S/c1-12-3-7-14(8-4-12)16(11-17)18-21-22(19,20)15-9-5-13(2)6-10-15/h3-10H,1-2H3/b18-16-. The molecule has 2 aromatic rings. The van der Waals surface area contributed by atoms with Gasteiger partial charge in [0.1, 0.15) is 11.0 Å². The molecule has 112 valence electrons. The Kier molecular flexibility index (Phi) is 4.59. The molecule has 6 heteroatoms. The van der Waals surface area contributed by atoms with Gasteiger partial charge in [-0.2, -0.15) is 13.7 Å². The van der Waals surface area contributed by atoms with Crippen molar-refractivity contribution in [2.45, 2.75) is 18.7 Å². The summed E-state index contributed by atoms with van der Waals surface area (Å²) in [7, 11) is -4.04. The second kappa shape index (κ2) is 6.41. The van der Waals surface area contributed by atoms with Gasteiger partial charge in [-0.25, -0.2) is 0 Å². The molecule has 5 nitrogen and oxygen atoms in total. The number of nitrogens with zero attached hydrogens (tertiary/aromatic N) is 2. The first-order valence-electron chi connectivity index (χ1n) is 6.48. The van der Waals surface area contributed by atoms with Gasteiger partial charge in [-0.3, -0.25) is 4.28 Å². The van der Waals surface area contributed by atoms with Gasteiger partial charge in [-0.05, 0) is 26.0 Å². The van der Waals surface area contributed by atoms with Gasteiger partial charge >= 0.3 is 10.1 Å². The van der Waals surface area contributed by atoms with Crippen LogP contribution in [-0.4, -0.2) is 14.1 Å². The van der Waals surface area contributed by atoms with Crippen molar-refractivity contribution in [3.8, 4) is 6.07 Å². The van der Waals surface area contributed by atoms with Crippen molar-refractivity contribution in [1.82, 2.24) is 0 Å². The van der Waals surface area contributed by atoms with E-state index < -0.39 is 10.1 Å². The molecular formula is C16H14N2O3S. The van der Waals surface area contributed by atoms with E-state index in [0.717, 1.165) is 11.1 Å². The van der Waals surface area contributed by atoms with Crippen molar-refractivity contribution in [3.63, 3.8) is 0 Å². The first kappa shape index (κ1) is 15.7. The highest BCUT2D eigenvalue weighted by atomic mass is 32.2. The molecule has 0 aliphatic heterocycles. The third-order valence-electron chi connectivity index (χ3n) is 2.97. The van der Waals surface area contributed by atoms with Crippen LogP contribution in [0.5, 0.6) is 0 Å². The summed E-state index contributed by atoms with van der Waals surface area (Å²) >= 11 is 0. The molecule has 0 amide bonds. The van der Waals surface area contributed by atoms with Gasteiger partial charge in [-0.15, -0.1) is 0 Å². The molecule has 22 heavy (non-hydrogen) atoms. The van der Waals surface area contributed by atoms with E-state index in [-0.39, 0.29) is 10.6 Å². The lowest BCUT2D eigenvalue weighted by molar-refractivity contribution is 0.339. The van der Waals surface area contributed by atoms with Crippen molar-refractivity contribution in [2.75, 3.05) is 0 Å². The Bertz CT molecular complexity index is 830. The van der Waals surface area contributed by atoms with Crippen molar-refractivity contribution in [3.05, 3.63) is 65.2 Å². The fourth-order valence-electron chi connectivity index (χ4n) is 1.68. The predicted octanol–water partition coefficient (Wildman–Crippen LogP) is 2.94. The highest BCUT2D eigenvalue weighted by molar-refractivity contribution is 7.86. The average molecular weight is 314 g/mol. The maximum atomic E-state index is 12.0. The summed E-state index contributed by atoms with van der Waals surface area (Å²) in [5.41, 5.74) is 2.34. The van der Waals surface area contributed by atoms with Gasteiger partial charge in [0.25, 0.3) is 0 Å². The second-order valence-corrected chi connectivity index (χ2v) is 6.29. The number of hydrogen-bond acceptors (Lipinski definition) is 5. The smallest absolute Gasteiger partial charge is 0.263 e. The third-order valence-corrected chi connectivity index (χ3v) is 4.09. The topological polar surface area (TPSA) is 79.5 Å². The van der Waals surface area contributed by atoms with Crippen molar-refractivity contribution in [2.24, 2.45) is 5.16 Å². The Morgan fingerprint density at radius 2 is 1.50 bits per heavy atom. The number of rotatable bonds is 4. The molecule has 0 heterocycles. The lowest BCUT2D eigenvalue weighted by Gasteiger charge is -2.03. The molecule has 0 spiro atoms. The van der Waals surface area contributed by atoms with Crippen LogP contribution in [0.1, 0.15) is 16.7 Å². The zero-order valence-electron chi connectivity index (χ0n) is 12.1. The van der Waals surface area contributed by atoms with Gasteiger partial charge in [0.2, 0.25) is 0 Å². The lowest BCUT2D eigenvalue weighted by atomic mass is 10.1. The van der Waals surface area contributed by atoms with E-state index in [2.05, 4.69) is 9.44 Å². The van der Waals surface area contributed by atoms with Crippen molar-refractivity contribution in [1.29, 1.82) is 5.26 Å². The van der Waals surface area contributed by atoms with Crippen LogP contribution in [0, 0.1) is 25.2 Å². The zero-order chi connectivity index (χ0) is 16.2. The van der Waals surface area contributed by atoms with Gasteiger partial charge < -0.3 is 0 Å². The van der Waals surface area contributed by atoms with Crippen LogP contribution in [0.2, 0.25) is 0 Å². The van der Waals surface area contributed by atoms with E-state index in [1.807, 2.05) is 19.9 Å². The Morgan fingerprint density at radius 3 is 2.00 bits per heavy atom. The van der Waals surface area contributed by atoms with Crippen LogP contribution in [-0.2, 0) is 14.4 Å². The molecule has 0 bridgehead atoms. The van der Waals surface area contributed by atoms with Gasteiger partial charge in [0, 0.05) is 5.56 Å². The molecule has 0 aliphatic carbocycles. The van der Waals surface area contributed by atoms with E-state index in [1.54, 1.807) is 36.4 Å². The van der Waals surface area contributed by atoms with E-state index >= 15 is 0 Å². The minimum atomic E-state index is -4.04. The Balaban J connectivity index is 2.26. The number of benzene rings is 2. The van der Waals surface area contributed by atoms with Crippen LogP contribution >= 0.6 is 0 Å². The largest absolute Gasteiger partial charge is 0.358 e. The molecule has 0 saturated carbocycles. The summed E-state index contributed by atoms with van der Waals surface area (Å²) in [6, 6.07) is 15.0. The lowest BCUT2D eigenvalue weighted by Crippen LogP contribution is -2.06. The fourth-order valence-corrected chi connectivity index (χ4v) is 2.41. The first-order chi connectivity index (χ1) is 10.4. The maximum Gasteiger partial charge on any atom is 0.358 e. The summed E-state index contributed by atoms with van der Waals surface area (Å²) in [6.45, 7) is 3.76. The fraction of sp³-hybridized carbons (Fsp3) is 0.125. The molecule has 0 aliphatic rings. The third kappa shape index (κ3) is 3.71. The van der Waals surface area contributed by atoms with Gasteiger partial charge in [-0.1, -0.05) is 52.7 Å². The normalized spacial score (nSPS) is 11.8. The van der Waals surface area contributed by atoms with E-state index in [0.29, 0.717) is 5.56 Å². The van der Waals surface area contributed by atoms with Crippen LogP contribution in [0.3, 0.4) is 0 Å². The van der Waals surface area contributed by atoms with Gasteiger partial charge in [0.15, 0.2) is 5.71 Å². The van der Waals surface area contributed by atoms with E-state index in [1.165, 1.54) is 12.1 Å². The summed E-state index contributed by atoms with van der Waals surface area (Å²) in [6.07, 6.45) is 0. The SMILES string of the molecule is Cc1ccc(/C(C#N)=N\OS(=O)(=O)c2ccc(C)cc2)cc1. The molecule has 0 unspecified atom stereocenters. The number of nitriles is 1. The molecule has 0 saturated heterocycles. The van der Waals surface area contributed by atoms with Crippen molar-refractivity contribution >= 4 is 15.8 Å². The number of oxime groups is 1. The van der Waals surface area contributed by atoms with E-state index in [4.69, 9.17) is 5.26 Å². The Morgan fingerprint density at radius 1 is 1.00 bits per heavy atom. The van der Waals surface area contributed by atoms with Gasteiger partial charge in [0.05, 0.1) is 0 Å². The van der Waals surface area contributed by atoms with Crippen molar-refractivity contribution < 1.29 is 12.7 Å². The second-order valence-electron chi connectivity index (χ2n) is 4.76. The number of aryl methyl sites for hydroxylation is 2. The molecule has 0 fully saturated rings. The summed E-state index contributed by atoms with van der Waals surface area (Å²) in [5.74, 6) is 0. The van der Waals surface area contributed by atoms with Crippen LogP contribution < -0.4 is 0 Å². The molecule has 2 rings (SSSR count). The van der Waals surface area contributed by atoms with Crippen LogP contribution in [0.25, 0.3) is 0 Å². The quantitative estimate of drug-likeness (QED) is 0.642. The Hall–Kier alpha value is -2.65. The van der Waals surface area contributed by atoms with E-state index in [9.17, 15) is 8.42 Å². The average Bonchev–Trinajstić information content (AvgIpc) is 2.50. The monoisotopic (exact) mass is 314 g/mol. The molecule has 0 radical (unpaired) electrons. The highest BCUT2D eigenvalue weighted by Crippen LogP contribution is 2.14. The maximum absolute atomic E-state index is 12.0. The summed E-state index contributed by atoms with van der Waals surface area (Å²) < 4.78 is 28.7. The Labute approximate surface area is 129 Å². The molecule has 2 aromatic carbocycles. The predicted molar refractivity (Wildman–Crippen MR) is 82.8 cm³/mol. The van der Waals surface area contributed by atoms with Crippen LogP contribution in [0.4, 0.5) is 0 Å². The minimum Gasteiger partial charge on any atom is -0.263 e. The summed E-state index contributed by atoms with van der Waals surface area (Å²) in [5, 5.41) is 12.6. The minimum absolute atomic E-state index is 0.0111. The number of hydrogen-bond donors (Lipinski definition) is 0. The summed E-state index contributed by atoms with van der Waals surface area (Å²) in [4.78, 5) is -0.0111. The first-order valence-corrected chi connectivity index (χ1v) is 7.88. The molecule has 0 N–H and O–H groups in total. The molecule has 0 aromatic heterocycles. The molecule has 0 atom stereocenters. The van der Waals surface area contributed by atoms with Crippen LogP contribution in [0.15, 0.2) is 58.6 Å².